The third-order valence-electron chi connectivity index (χ3n) is 4.17. The molecule has 132 valence electrons. The summed E-state index contributed by atoms with van der Waals surface area (Å²) in [7, 11) is -3.35. The minimum atomic E-state index is -3.35. The number of nitrogens with zero attached hydrogens (tertiary/aromatic N) is 2. The number of hydrogen-bond acceptors (Lipinski definition) is 4. The number of guanidine groups is 1. The van der Waals surface area contributed by atoms with Gasteiger partial charge < -0.3 is 15.8 Å². The summed E-state index contributed by atoms with van der Waals surface area (Å²) in [4.78, 5) is 4.33. The molecule has 8 heteroatoms. The Morgan fingerprint density at radius 2 is 1.92 bits per heavy atom. The van der Waals surface area contributed by atoms with E-state index in [4.69, 9.17) is 10.5 Å². The van der Waals surface area contributed by atoms with Crippen molar-refractivity contribution in [2.24, 2.45) is 10.7 Å². The molecule has 24 heavy (non-hydrogen) atoms. The summed E-state index contributed by atoms with van der Waals surface area (Å²) >= 11 is 0. The molecule has 0 radical (unpaired) electrons. The third-order valence-corrected chi connectivity index (χ3v) is 6.00. The largest absolute Gasteiger partial charge is 0.379 e. The lowest BCUT2D eigenvalue weighted by atomic mass is 10.1. The molecule has 3 N–H and O–H groups in total. The first kappa shape index (κ1) is 17.2. The van der Waals surface area contributed by atoms with Gasteiger partial charge in [-0.05, 0) is 24.0 Å². The van der Waals surface area contributed by atoms with Crippen LogP contribution in [-0.2, 0) is 27.1 Å². The Kier molecular flexibility index (Phi) is 5.37. The monoisotopic (exact) mass is 352 g/mol. The Balaban J connectivity index is 1.68. The number of aliphatic imine (C=N–C) groups is 1. The standard InChI is InChI=1S/C16H24N4O3S/c17-16(19-15-5-6-15)18-11-13-3-1-2-4-14(13)12-24(21,22)20-7-9-23-10-8-20/h1-4,15H,5-12H2,(H3,17,18,19). The van der Waals surface area contributed by atoms with Crippen molar-refractivity contribution in [3.63, 3.8) is 0 Å². The molecule has 3 rings (SSSR count). The Labute approximate surface area is 142 Å². The van der Waals surface area contributed by atoms with Gasteiger partial charge in [0.25, 0.3) is 0 Å². The zero-order valence-corrected chi connectivity index (χ0v) is 14.5. The van der Waals surface area contributed by atoms with E-state index >= 15 is 0 Å². The van der Waals surface area contributed by atoms with Crippen LogP contribution in [0, 0.1) is 0 Å². The Bertz CT molecular complexity index is 695. The molecule has 2 aliphatic rings. The zero-order chi connectivity index (χ0) is 17.0. The predicted octanol–water partition coefficient (Wildman–Crippen LogP) is 0.415. The minimum absolute atomic E-state index is 0.0192. The molecule has 0 amide bonds. The topological polar surface area (TPSA) is 97.0 Å². The van der Waals surface area contributed by atoms with E-state index in [1.54, 1.807) is 0 Å². The summed E-state index contributed by atoms with van der Waals surface area (Å²) in [5, 5.41) is 3.13. The van der Waals surface area contributed by atoms with Gasteiger partial charge in [0.05, 0.1) is 25.5 Å². The van der Waals surface area contributed by atoms with E-state index in [-0.39, 0.29) is 5.75 Å². The number of benzene rings is 1. The molecule has 0 bridgehead atoms. The fourth-order valence-electron chi connectivity index (χ4n) is 2.62. The van der Waals surface area contributed by atoms with Crippen LogP contribution in [0.2, 0.25) is 0 Å². The summed E-state index contributed by atoms with van der Waals surface area (Å²) in [6.07, 6.45) is 2.26. The van der Waals surface area contributed by atoms with Crippen molar-refractivity contribution in [3.05, 3.63) is 35.4 Å². The Morgan fingerprint density at radius 1 is 1.25 bits per heavy atom. The first-order valence-electron chi connectivity index (χ1n) is 8.23. The SMILES string of the molecule is NC(=NCc1ccccc1CS(=O)(=O)N1CCOCC1)NC1CC1. The van der Waals surface area contributed by atoms with Crippen molar-refractivity contribution in [2.75, 3.05) is 26.3 Å². The van der Waals surface area contributed by atoms with Crippen molar-refractivity contribution < 1.29 is 13.2 Å². The average Bonchev–Trinajstić information content (AvgIpc) is 3.38. The van der Waals surface area contributed by atoms with Crippen LogP contribution in [0.4, 0.5) is 0 Å². The maximum absolute atomic E-state index is 12.6. The van der Waals surface area contributed by atoms with Crippen molar-refractivity contribution in [1.82, 2.24) is 9.62 Å². The van der Waals surface area contributed by atoms with Gasteiger partial charge in [0.1, 0.15) is 0 Å². The number of morpholine rings is 1. The van der Waals surface area contributed by atoms with E-state index in [9.17, 15) is 8.42 Å². The lowest BCUT2D eigenvalue weighted by molar-refractivity contribution is 0.0729. The number of nitrogens with one attached hydrogen (secondary N) is 1. The Hall–Kier alpha value is -1.64. The second-order valence-corrected chi connectivity index (χ2v) is 8.13. The summed E-state index contributed by atoms with van der Waals surface area (Å²) in [6.45, 7) is 2.12. The van der Waals surface area contributed by atoms with Crippen LogP contribution >= 0.6 is 0 Å². The van der Waals surface area contributed by atoms with Crippen molar-refractivity contribution in [2.45, 2.75) is 31.2 Å². The number of ether oxygens (including phenoxy) is 1. The van der Waals surface area contributed by atoms with E-state index in [0.29, 0.717) is 44.8 Å². The highest BCUT2D eigenvalue weighted by Crippen LogP contribution is 2.19. The first-order valence-corrected chi connectivity index (χ1v) is 9.84. The van der Waals surface area contributed by atoms with E-state index in [1.807, 2.05) is 24.3 Å². The number of rotatable bonds is 6. The summed E-state index contributed by atoms with van der Waals surface area (Å²) in [5.41, 5.74) is 7.51. The summed E-state index contributed by atoms with van der Waals surface area (Å²) in [6, 6.07) is 7.93. The highest BCUT2D eigenvalue weighted by atomic mass is 32.2. The van der Waals surface area contributed by atoms with Crippen LogP contribution in [0.5, 0.6) is 0 Å². The number of nitrogens with two attached hydrogens (primary N) is 1. The van der Waals surface area contributed by atoms with Crippen LogP contribution in [0.15, 0.2) is 29.3 Å². The molecule has 1 heterocycles. The molecule has 2 fully saturated rings. The second kappa shape index (κ2) is 7.50. The van der Waals surface area contributed by atoms with Gasteiger partial charge in [0.15, 0.2) is 5.96 Å². The highest BCUT2D eigenvalue weighted by Gasteiger charge is 2.25. The number of hydrogen-bond donors (Lipinski definition) is 2. The van der Waals surface area contributed by atoms with Gasteiger partial charge in [-0.3, -0.25) is 0 Å². The van der Waals surface area contributed by atoms with E-state index < -0.39 is 10.0 Å². The highest BCUT2D eigenvalue weighted by molar-refractivity contribution is 7.88. The molecule has 0 atom stereocenters. The van der Waals surface area contributed by atoms with Gasteiger partial charge in [0.2, 0.25) is 10.0 Å². The molecule has 0 spiro atoms. The van der Waals surface area contributed by atoms with Gasteiger partial charge in [-0.25, -0.2) is 13.4 Å². The third kappa shape index (κ3) is 4.68. The number of sulfonamides is 1. The smallest absolute Gasteiger partial charge is 0.218 e. The van der Waals surface area contributed by atoms with Gasteiger partial charge in [0, 0.05) is 19.1 Å². The van der Waals surface area contributed by atoms with Gasteiger partial charge in [-0.15, -0.1) is 0 Å². The van der Waals surface area contributed by atoms with Crippen LogP contribution in [0.3, 0.4) is 0 Å². The zero-order valence-electron chi connectivity index (χ0n) is 13.6. The molecule has 1 aromatic carbocycles. The molecular formula is C16H24N4O3S. The van der Waals surface area contributed by atoms with Crippen LogP contribution in [-0.4, -0.2) is 51.0 Å². The average molecular weight is 352 g/mol. The molecule has 1 saturated carbocycles. The van der Waals surface area contributed by atoms with E-state index in [0.717, 1.165) is 24.0 Å². The molecule has 0 aromatic heterocycles. The Morgan fingerprint density at radius 3 is 2.58 bits per heavy atom. The van der Waals surface area contributed by atoms with Gasteiger partial charge >= 0.3 is 0 Å². The maximum atomic E-state index is 12.6. The predicted molar refractivity (Wildman–Crippen MR) is 92.9 cm³/mol. The maximum Gasteiger partial charge on any atom is 0.218 e. The first-order chi connectivity index (χ1) is 11.5. The fraction of sp³-hybridized carbons (Fsp3) is 0.562. The second-order valence-electron chi connectivity index (χ2n) is 6.16. The van der Waals surface area contributed by atoms with Crippen molar-refractivity contribution in [1.29, 1.82) is 0 Å². The van der Waals surface area contributed by atoms with Crippen molar-refractivity contribution >= 4 is 16.0 Å². The van der Waals surface area contributed by atoms with Gasteiger partial charge in [-0.2, -0.15) is 4.31 Å². The molecule has 1 saturated heterocycles. The molecule has 1 aromatic rings. The van der Waals surface area contributed by atoms with E-state index in [1.165, 1.54) is 4.31 Å². The molecule has 7 nitrogen and oxygen atoms in total. The molecular weight excluding hydrogens is 328 g/mol. The summed E-state index contributed by atoms with van der Waals surface area (Å²) < 4.78 is 31.9. The molecule has 0 unspecified atom stereocenters. The van der Waals surface area contributed by atoms with Gasteiger partial charge in [-0.1, -0.05) is 24.3 Å². The normalized spacial score (nSPS) is 20.1. The fourth-order valence-corrected chi connectivity index (χ4v) is 4.18. The van der Waals surface area contributed by atoms with Crippen LogP contribution < -0.4 is 11.1 Å². The molecule has 1 aliphatic carbocycles. The van der Waals surface area contributed by atoms with Crippen LogP contribution in [0.25, 0.3) is 0 Å². The lowest BCUT2D eigenvalue weighted by Crippen LogP contribution is -2.41. The van der Waals surface area contributed by atoms with Crippen LogP contribution in [0.1, 0.15) is 24.0 Å². The minimum Gasteiger partial charge on any atom is -0.379 e. The van der Waals surface area contributed by atoms with E-state index in [2.05, 4.69) is 10.3 Å². The quantitative estimate of drug-likeness (QED) is 0.571. The lowest BCUT2D eigenvalue weighted by Gasteiger charge is -2.26. The summed E-state index contributed by atoms with van der Waals surface area (Å²) in [5.74, 6) is 0.401. The molecule has 1 aliphatic heterocycles. The van der Waals surface area contributed by atoms with Crippen molar-refractivity contribution in [3.8, 4) is 0 Å².